The standard InChI is InChI=1S/C15H29N3/c1-12-5-3-4-8-18(12)15(10-16)9-13(2)17(11-15)14-6-7-14/h12-14H,3-11,16H2,1-2H3. The molecule has 3 rings (SSSR count). The summed E-state index contributed by atoms with van der Waals surface area (Å²) in [6.45, 7) is 8.14. The van der Waals surface area contributed by atoms with E-state index in [4.69, 9.17) is 5.73 Å². The number of hydrogen-bond donors (Lipinski definition) is 1. The Morgan fingerprint density at radius 3 is 2.50 bits per heavy atom. The smallest absolute Gasteiger partial charge is 0.0476 e. The fourth-order valence-electron chi connectivity index (χ4n) is 4.40. The van der Waals surface area contributed by atoms with Crippen molar-refractivity contribution in [2.24, 2.45) is 5.73 Å². The van der Waals surface area contributed by atoms with Gasteiger partial charge in [-0.2, -0.15) is 0 Å². The average molecular weight is 251 g/mol. The molecule has 0 amide bonds. The van der Waals surface area contributed by atoms with Gasteiger partial charge in [-0.1, -0.05) is 6.42 Å². The third kappa shape index (κ3) is 2.10. The van der Waals surface area contributed by atoms with E-state index in [1.54, 1.807) is 0 Å². The molecule has 3 atom stereocenters. The van der Waals surface area contributed by atoms with Crippen molar-refractivity contribution in [1.82, 2.24) is 9.80 Å². The highest BCUT2D eigenvalue weighted by atomic mass is 15.3. The van der Waals surface area contributed by atoms with Crippen LogP contribution in [0.2, 0.25) is 0 Å². The SMILES string of the molecule is CC1CC(CN)(N2CCCCC2C)CN1C1CC1. The molecule has 18 heavy (non-hydrogen) atoms. The van der Waals surface area contributed by atoms with Crippen LogP contribution in [0.1, 0.15) is 52.4 Å². The van der Waals surface area contributed by atoms with Gasteiger partial charge in [0.15, 0.2) is 0 Å². The predicted molar refractivity (Wildman–Crippen MR) is 75.6 cm³/mol. The Labute approximate surface area is 112 Å². The maximum absolute atomic E-state index is 6.24. The lowest BCUT2D eigenvalue weighted by Gasteiger charge is -2.47. The van der Waals surface area contributed by atoms with Crippen LogP contribution in [0.5, 0.6) is 0 Å². The van der Waals surface area contributed by atoms with Crippen LogP contribution in [0.4, 0.5) is 0 Å². The Hall–Kier alpha value is -0.120. The zero-order valence-electron chi connectivity index (χ0n) is 12.1. The van der Waals surface area contributed by atoms with E-state index in [2.05, 4.69) is 23.6 Å². The van der Waals surface area contributed by atoms with E-state index in [1.807, 2.05) is 0 Å². The van der Waals surface area contributed by atoms with Crippen molar-refractivity contribution in [3.8, 4) is 0 Å². The van der Waals surface area contributed by atoms with E-state index in [0.717, 1.165) is 24.7 Å². The van der Waals surface area contributed by atoms with Crippen LogP contribution >= 0.6 is 0 Å². The molecule has 2 saturated heterocycles. The Morgan fingerprint density at radius 2 is 1.89 bits per heavy atom. The molecule has 3 unspecified atom stereocenters. The molecule has 1 saturated carbocycles. The summed E-state index contributed by atoms with van der Waals surface area (Å²) in [6.07, 6.45) is 8.25. The monoisotopic (exact) mass is 251 g/mol. The van der Waals surface area contributed by atoms with Crippen molar-refractivity contribution in [3.05, 3.63) is 0 Å². The molecule has 0 aromatic rings. The van der Waals surface area contributed by atoms with Gasteiger partial charge in [-0.05, 0) is 52.5 Å². The van der Waals surface area contributed by atoms with Gasteiger partial charge in [0.25, 0.3) is 0 Å². The van der Waals surface area contributed by atoms with Crippen LogP contribution < -0.4 is 5.73 Å². The van der Waals surface area contributed by atoms with E-state index >= 15 is 0 Å². The van der Waals surface area contributed by atoms with Crippen molar-refractivity contribution < 1.29 is 0 Å². The quantitative estimate of drug-likeness (QED) is 0.830. The second-order valence-electron chi connectivity index (χ2n) is 6.92. The summed E-state index contributed by atoms with van der Waals surface area (Å²) in [6, 6.07) is 2.34. The summed E-state index contributed by atoms with van der Waals surface area (Å²) in [5, 5.41) is 0. The minimum atomic E-state index is 0.280. The summed E-state index contributed by atoms with van der Waals surface area (Å²) in [4.78, 5) is 5.50. The van der Waals surface area contributed by atoms with Crippen LogP contribution in [0, 0.1) is 0 Å². The summed E-state index contributed by atoms with van der Waals surface area (Å²) in [7, 11) is 0. The van der Waals surface area contributed by atoms with Crippen molar-refractivity contribution >= 4 is 0 Å². The molecule has 2 aliphatic heterocycles. The first kappa shape index (κ1) is 12.9. The molecule has 1 aliphatic carbocycles. The van der Waals surface area contributed by atoms with Crippen LogP contribution in [-0.2, 0) is 0 Å². The van der Waals surface area contributed by atoms with Gasteiger partial charge >= 0.3 is 0 Å². The molecule has 2 N–H and O–H groups in total. The summed E-state index contributed by atoms with van der Waals surface area (Å²) >= 11 is 0. The molecule has 3 heteroatoms. The number of nitrogens with zero attached hydrogens (tertiary/aromatic N) is 2. The van der Waals surface area contributed by atoms with Gasteiger partial charge in [0.2, 0.25) is 0 Å². The first-order valence-electron chi connectivity index (χ1n) is 7.89. The minimum absolute atomic E-state index is 0.280. The predicted octanol–water partition coefficient (Wildman–Crippen LogP) is 1.81. The first-order chi connectivity index (χ1) is 8.66. The van der Waals surface area contributed by atoms with E-state index in [0.29, 0.717) is 0 Å². The third-order valence-corrected chi connectivity index (χ3v) is 5.53. The minimum Gasteiger partial charge on any atom is -0.329 e. The van der Waals surface area contributed by atoms with Crippen LogP contribution in [0.3, 0.4) is 0 Å². The van der Waals surface area contributed by atoms with Gasteiger partial charge in [-0.3, -0.25) is 9.80 Å². The van der Waals surface area contributed by atoms with E-state index in [9.17, 15) is 0 Å². The molecular formula is C15H29N3. The van der Waals surface area contributed by atoms with Crippen LogP contribution in [0.25, 0.3) is 0 Å². The van der Waals surface area contributed by atoms with Crippen molar-refractivity contribution in [2.75, 3.05) is 19.6 Å². The molecule has 0 aromatic carbocycles. The first-order valence-corrected chi connectivity index (χ1v) is 7.89. The fraction of sp³-hybridized carbons (Fsp3) is 1.00. The second-order valence-corrected chi connectivity index (χ2v) is 6.92. The summed E-state index contributed by atoms with van der Waals surface area (Å²) < 4.78 is 0. The molecule has 0 bridgehead atoms. The maximum Gasteiger partial charge on any atom is 0.0476 e. The van der Waals surface area contributed by atoms with Crippen molar-refractivity contribution in [3.63, 3.8) is 0 Å². The molecule has 3 nitrogen and oxygen atoms in total. The van der Waals surface area contributed by atoms with Gasteiger partial charge < -0.3 is 5.73 Å². The molecule has 3 fully saturated rings. The zero-order chi connectivity index (χ0) is 12.8. The van der Waals surface area contributed by atoms with Crippen molar-refractivity contribution in [2.45, 2.75) is 76.0 Å². The van der Waals surface area contributed by atoms with Gasteiger partial charge in [-0.15, -0.1) is 0 Å². The number of piperidine rings is 1. The highest BCUT2D eigenvalue weighted by molar-refractivity contribution is 5.08. The lowest BCUT2D eigenvalue weighted by molar-refractivity contribution is 0.0344. The molecule has 0 aromatic heterocycles. The summed E-state index contributed by atoms with van der Waals surface area (Å²) in [5.41, 5.74) is 6.52. The summed E-state index contributed by atoms with van der Waals surface area (Å²) in [5.74, 6) is 0. The molecule has 104 valence electrons. The number of likely N-dealkylation sites (tertiary alicyclic amines) is 2. The fourth-order valence-corrected chi connectivity index (χ4v) is 4.40. The van der Waals surface area contributed by atoms with Crippen LogP contribution in [-0.4, -0.2) is 53.1 Å². The molecule has 0 radical (unpaired) electrons. The van der Waals surface area contributed by atoms with E-state index < -0.39 is 0 Å². The molecular weight excluding hydrogens is 222 g/mol. The Balaban J connectivity index is 1.77. The normalized spacial score (nSPS) is 43.5. The number of hydrogen-bond acceptors (Lipinski definition) is 3. The van der Waals surface area contributed by atoms with Gasteiger partial charge in [0.05, 0.1) is 0 Å². The topological polar surface area (TPSA) is 32.5 Å². The number of nitrogens with two attached hydrogens (primary N) is 1. The highest BCUT2D eigenvalue weighted by Gasteiger charge is 2.50. The van der Waals surface area contributed by atoms with Crippen LogP contribution in [0.15, 0.2) is 0 Å². The average Bonchev–Trinajstić information content (AvgIpc) is 3.15. The van der Waals surface area contributed by atoms with Crippen molar-refractivity contribution in [1.29, 1.82) is 0 Å². The zero-order valence-corrected chi connectivity index (χ0v) is 12.1. The maximum atomic E-state index is 6.24. The molecule has 0 spiro atoms. The third-order valence-electron chi connectivity index (χ3n) is 5.53. The largest absolute Gasteiger partial charge is 0.329 e. The molecule has 3 aliphatic rings. The highest BCUT2D eigenvalue weighted by Crippen LogP contribution is 2.41. The Bertz CT molecular complexity index is 302. The van der Waals surface area contributed by atoms with E-state index in [1.165, 1.54) is 51.6 Å². The van der Waals surface area contributed by atoms with E-state index in [-0.39, 0.29) is 5.54 Å². The Kier molecular flexibility index (Phi) is 3.41. The Morgan fingerprint density at radius 1 is 1.11 bits per heavy atom. The van der Waals surface area contributed by atoms with Gasteiger partial charge in [0, 0.05) is 36.8 Å². The lowest BCUT2D eigenvalue weighted by atomic mass is 9.89. The number of rotatable bonds is 3. The van der Waals surface area contributed by atoms with Gasteiger partial charge in [0.1, 0.15) is 0 Å². The lowest BCUT2D eigenvalue weighted by Crippen LogP contribution is -2.60. The second kappa shape index (κ2) is 4.77. The van der Waals surface area contributed by atoms with Gasteiger partial charge in [-0.25, -0.2) is 0 Å². The molecule has 2 heterocycles.